The van der Waals surface area contributed by atoms with E-state index in [1.807, 2.05) is 0 Å². The first kappa shape index (κ1) is 13.3. The van der Waals surface area contributed by atoms with Crippen LogP contribution < -0.4 is 5.32 Å². The summed E-state index contributed by atoms with van der Waals surface area (Å²) >= 11 is 7.05. The molecular weight excluding hydrogens is 366 g/mol. The van der Waals surface area contributed by atoms with Crippen molar-refractivity contribution in [2.45, 2.75) is 25.4 Å². The molecule has 1 aliphatic rings. The second-order valence-corrected chi connectivity index (χ2v) is 6.71. The van der Waals surface area contributed by atoms with Crippen LogP contribution >= 0.6 is 31.9 Å². The Morgan fingerprint density at radius 2 is 1.63 bits per heavy atom. The van der Waals surface area contributed by atoms with Gasteiger partial charge in [0.1, 0.15) is 0 Å². The molecule has 0 aliphatic heterocycles. The van der Waals surface area contributed by atoms with Crippen LogP contribution in [0.5, 0.6) is 0 Å². The minimum Gasteiger partial charge on any atom is -0.309 e. The van der Waals surface area contributed by atoms with E-state index in [2.05, 4.69) is 79.6 Å². The van der Waals surface area contributed by atoms with E-state index >= 15 is 0 Å². The minimum absolute atomic E-state index is 0.569. The zero-order chi connectivity index (χ0) is 13.2. The van der Waals surface area contributed by atoms with E-state index in [0.717, 1.165) is 28.3 Å². The summed E-state index contributed by atoms with van der Waals surface area (Å²) in [6, 6.07) is 15.7. The fourth-order valence-electron chi connectivity index (χ4n) is 2.61. The highest BCUT2D eigenvalue weighted by atomic mass is 79.9. The molecule has 0 unspecified atom stereocenters. The van der Waals surface area contributed by atoms with Crippen molar-refractivity contribution in [3.05, 3.63) is 68.1 Å². The molecule has 3 heteroatoms. The fourth-order valence-corrected chi connectivity index (χ4v) is 3.29. The number of rotatable bonds is 3. The lowest BCUT2D eigenvalue weighted by Crippen LogP contribution is -2.28. The van der Waals surface area contributed by atoms with Crippen molar-refractivity contribution in [3.63, 3.8) is 0 Å². The van der Waals surface area contributed by atoms with Crippen LogP contribution in [0.25, 0.3) is 0 Å². The maximum Gasteiger partial charge on any atom is 0.0320 e. The largest absolute Gasteiger partial charge is 0.309 e. The highest BCUT2D eigenvalue weighted by Gasteiger charge is 2.19. The van der Waals surface area contributed by atoms with Gasteiger partial charge in [0.15, 0.2) is 0 Å². The predicted molar refractivity (Wildman–Crippen MR) is 86.3 cm³/mol. The molecule has 98 valence electrons. The van der Waals surface area contributed by atoms with Crippen molar-refractivity contribution in [3.8, 4) is 0 Å². The first-order chi connectivity index (χ1) is 9.22. The van der Waals surface area contributed by atoms with Crippen LogP contribution in [-0.2, 0) is 19.4 Å². The van der Waals surface area contributed by atoms with E-state index in [9.17, 15) is 0 Å². The lowest BCUT2D eigenvalue weighted by atomic mass is 10.1. The molecule has 0 aromatic heterocycles. The van der Waals surface area contributed by atoms with Crippen molar-refractivity contribution < 1.29 is 0 Å². The summed E-state index contributed by atoms with van der Waals surface area (Å²) < 4.78 is 2.21. The van der Waals surface area contributed by atoms with Gasteiger partial charge in [0.05, 0.1) is 0 Å². The van der Waals surface area contributed by atoms with E-state index < -0.39 is 0 Å². The molecule has 1 aliphatic carbocycles. The van der Waals surface area contributed by atoms with E-state index in [0.29, 0.717) is 6.04 Å². The van der Waals surface area contributed by atoms with E-state index in [1.54, 1.807) is 0 Å². The van der Waals surface area contributed by atoms with Gasteiger partial charge in [-0.2, -0.15) is 0 Å². The third kappa shape index (κ3) is 3.10. The van der Waals surface area contributed by atoms with E-state index in [4.69, 9.17) is 0 Å². The van der Waals surface area contributed by atoms with Gasteiger partial charge in [-0.05, 0) is 73.5 Å². The van der Waals surface area contributed by atoms with Crippen molar-refractivity contribution >= 4 is 31.9 Å². The van der Waals surface area contributed by atoms with Crippen LogP contribution in [0.4, 0.5) is 0 Å². The molecule has 0 atom stereocenters. The summed E-state index contributed by atoms with van der Waals surface area (Å²) in [5.41, 5.74) is 4.31. The third-order valence-corrected chi connectivity index (χ3v) is 5.51. The Kier molecular flexibility index (Phi) is 4.06. The van der Waals surface area contributed by atoms with Crippen LogP contribution in [-0.4, -0.2) is 6.04 Å². The van der Waals surface area contributed by atoms with Crippen molar-refractivity contribution in [2.24, 2.45) is 0 Å². The normalized spacial score (nSPS) is 14.6. The molecule has 1 nitrogen and oxygen atoms in total. The van der Waals surface area contributed by atoms with Gasteiger partial charge in [0, 0.05) is 21.5 Å². The molecule has 0 spiro atoms. The van der Waals surface area contributed by atoms with E-state index in [1.165, 1.54) is 16.7 Å². The Bertz CT molecular complexity index is 570. The highest BCUT2D eigenvalue weighted by molar-refractivity contribution is 9.13. The van der Waals surface area contributed by atoms with Gasteiger partial charge in [-0.15, -0.1) is 0 Å². The van der Waals surface area contributed by atoms with Crippen LogP contribution in [0.1, 0.15) is 16.7 Å². The quantitative estimate of drug-likeness (QED) is 0.828. The molecule has 19 heavy (non-hydrogen) atoms. The molecule has 3 rings (SSSR count). The lowest BCUT2D eigenvalue weighted by Gasteiger charge is -2.12. The van der Waals surface area contributed by atoms with Gasteiger partial charge in [-0.25, -0.2) is 0 Å². The maximum absolute atomic E-state index is 3.66. The lowest BCUT2D eigenvalue weighted by molar-refractivity contribution is 0.533. The maximum atomic E-state index is 3.66. The minimum atomic E-state index is 0.569. The summed E-state index contributed by atoms with van der Waals surface area (Å²) in [6.45, 7) is 0.921. The second-order valence-electron chi connectivity index (χ2n) is 5.00. The van der Waals surface area contributed by atoms with Crippen LogP contribution in [0.3, 0.4) is 0 Å². The standard InChI is InChI=1S/C16H15Br2N/c17-15-6-5-11(7-16(15)18)10-19-14-8-12-3-1-2-4-13(12)9-14/h1-7,14,19H,8-10H2. The summed E-state index contributed by atoms with van der Waals surface area (Å²) in [6.07, 6.45) is 2.29. The molecule has 2 aromatic carbocycles. The average molecular weight is 381 g/mol. The fraction of sp³-hybridized carbons (Fsp3) is 0.250. The summed E-state index contributed by atoms with van der Waals surface area (Å²) in [4.78, 5) is 0. The first-order valence-corrected chi connectivity index (χ1v) is 8.05. The Balaban J connectivity index is 1.61. The molecule has 2 aromatic rings. The van der Waals surface area contributed by atoms with Crippen molar-refractivity contribution in [1.82, 2.24) is 5.32 Å². The summed E-state index contributed by atoms with van der Waals surface area (Å²) in [5, 5.41) is 3.66. The van der Waals surface area contributed by atoms with Crippen LogP contribution in [0, 0.1) is 0 Å². The molecule has 0 saturated carbocycles. The number of halogens is 2. The molecule has 0 saturated heterocycles. The summed E-state index contributed by atoms with van der Waals surface area (Å²) in [7, 11) is 0. The molecule has 0 amide bonds. The van der Waals surface area contributed by atoms with Crippen molar-refractivity contribution in [1.29, 1.82) is 0 Å². The second kappa shape index (κ2) is 5.78. The zero-order valence-electron chi connectivity index (χ0n) is 10.5. The Hall–Kier alpha value is -0.640. The van der Waals surface area contributed by atoms with Gasteiger partial charge in [0.2, 0.25) is 0 Å². The number of benzene rings is 2. The molecule has 0 bridgehead atoms. The van der Waals surface area contributed by atoms with E-state index in [-0.39, 0.29) is 0 Å². The van der Waals surface area contributed by atoms with Gasteiger partial charge >= 0.3 is 0 Å². The Morgan fingerprint density at radius 1 is 0.947 bits per heavy atom. The number of nitrogens with one attached hydrogen (secondary N) is 1. The summed E-state index contributed by atoms with van der Waals surface area (Å²) in [5.74, 6) is 0. The highest BCUT2D eigenvalue weighted by Crippen LogP contribution is 2.25. The Labute approximate surface area is 130 Å². The monoisotopic (exact) mass is 379 g/mol. The third-order valence-electron chi connectivity index (χ3n) is 3.63. The Morgan fingerprint density at radius 3 is 2.26 bits per heavy atom. The number of hydrogen-bond donors (Lipinski definition) is 1. The van der Waals surface area contributed by atoms with Gasteiger partial charge < -0.3 is 5.32 Å². The molecule has 0 heterocycles. The number of fused-ring (bicyclic) bond motifs is 1. The SMILES string of the molecule is Brc1ccc(CNC2Cc3ccccc3C2)cc1Br. The topological polar surface area (TPSA) is 12.0 Å². The predicted octanol–water partition coefficient (Wildman–Crippen LogP) is 4.47. The van der Waals surface area contributed by atoms with Gasteiger partial charge in [-0.3, -0.25) is 0 Å². The molecular formula is C16H15Br2N. The smallest absolute Gasteiger partial charge is 0.0320 e. The van der Waals surface area contributed by atoms with Gasteiger partial charge in [0.25, 0.3) is 0 Å². The van der Waals surface area contributed by atoms with Gasteiger partial charge in [-0.1, -0.05) is 30.3 Å². The molecule has 0 fully saturated rings. The molecule has 1 N–H and O–H groups in total. The number of hydrogen-bond acceptors (Lipinski definition) is 1. The van der Waals surface area contributed by atoms with Crippen LogP contribution in [0.15, 0.2) is 51.4 Å². The molecule has 0 radical (unpaired) electrons. The van der Waals surface area contributed by atoms with Crippen molar-refractivity contribution in [2.75, 3.05) is 0 Å². The zero-order valence-corrected chi connectivity index (χ0v) is 13.7. The average Bonchev–Trinajstić information content (AvgIpc) is 2.83. The first-order valence-electron chi connectivity index (χ1n) is 6.46. The van der Waals surface area contributed by atoms with Crippen LogP contribution in [0.2, 0.25) is 0 Å².